The van der Waals surface area contributed by atoms with Gasteiger partial charge in [0.25, 0.3) is 0 Å². The molecule has 0 aliphatic rings. The average Bonchev–Trinajstić information content (AvgIpc) is 2.43. The standard InChI is InChI=1S/C16H25NO2S2/c1-16(2,3)21-10-9-17-15(18)12-20-11-13-5-7-14(19-4)8-6-13/h5-8H,9-12H2,1-4H3,(H,17,18). The summed E-state index contributed by atoms with van der Waals surface area (Å²) in [7, 11) is 1.66. The van der Waals surface area contributed by atoms with Crippen molar-refractivity contribution in [1.82, 2.24) is 5.32 Å². The van der Waals surface area contributed by atoms with E-state index in [-0.39, 0.29) is 10.7 Å². The van der Waals surface area contributed by atoms with Crippen molar-refractivity contribution in [2.75, 3.05) is 25.2 Å². The van der Waals surface area contributed by atoms with Crippen LogP contribution in [0.4, 0.5) is 0 Å². The lowest BCUT2D eigenvalue weighted by Gasteiger charge is -2.17. The van der Waals surface area contributed by atoms with E-state index in [1.165, 1.54) is 5.56 Å². The second-order valence-electron chi connectivity index (χ2n) is 5.65. The molecule has 0 unspecified atom stereocenters. The first-order valence-corrected chi connectivity index (χ1v) is 9.16. The van der Waals surface area contributed by atoms with Gasteiger partial charge in [-0.1, -0.05) is 32.9 Å². The number of nitrogens with one attached hydrogen (secondary N) is 1. The average molecular weight is 328 g/mol. The molecule has 0 aromatic heterocycles. The van der Waals surface area contributed by atoms with Gasteiger partial charge in [0.05, 0.1) is 12.9 Å². The highest BCUT2D eigenvalue weighted by atomic mass is 32.2. The molecule has 1 rings (SSSR count). The van der Waals surface area contributed by atoms with E-state index in [1.54, 1.807) is 18.9 Å². The lowest BCUT2D eigenvalue weighted by Crippen LogP contribution is -2.28. The normalized spacial score (nSPS) is 11.2. The minimum Gasteiger partial charge on any atom is -0.497 e. The lowest BCUT2D eigenvalue weighted by molar-refractivity contribution is -0.118. The first-order valence-electron chi connectivity index (χ1n) is 7.02. The molecule has 0 aliphatic heterocycles. The van der Waals surface area contributed by atoms with Crippen LogP contribution in [0.2, 0.25) is 0 Å². The van der Waals surface area contributed by atoms with Gasteiger partial charge in [-0.2, -0.15) is 11.8 Å². The number of benzene rings is 1. The number of thioether (sulfide) groups is 2. The molecule has 0 saturated heterocycles. The Kier molecular flexibility index (Phi) is 8.04. The maximum atomic E-state index is 11.7. The number of amides is 1. The van der Waals surface area contributed by atoms with Crippen LogP contribution in [0.1, 0.15) is 26.3 Å². The van der Waals surface area contributed by atoms with Crippen LogP contribution in [-0.4, -0.2) is 35.8 Å². The van der Waals surface area contributed by atoms with E-state index >= 15 is 0 Å². The molecule has 0 aliphatic carbocycles. The van der Waals surface area contributed by atoms with Gasteiger partial charge in [0.2, 0.25) is 5.91 Å². The van der Waals surface area contributed by atoms with Crippen LogP contribution >= 0.6 is 23.5 Å². The van der Waals surface area contributed by atoms with Crippen LogP contribution < -0.4 is 10.1 Å². The zero-order valence-corrected chi connectivity index (χ0v) is 14.9. The zero-order valence-electron chi connectivity index (χ0n) is 13.3. The molecular weight excluding hydrogens is 302 g/mol. The molecule has 118 valence electrons. The number of carbonyl (C=O) groups is 1. The largest absolute Gasteiger partial charge is 0.497 e. The van der Waals surface area contributed by atoms with Gasteiger partial charge in [-0.3, -0.25) is 4.79 Å². The third kappa shape index (κ3) is 8.94. The van der Waals surface area contributed by atoms with Crippen molar-refractivity contribution in [1.29, 1.82) is 0 Å². The predicted molar refractivity (Wildman–Crippen MR) is 94.4 cm³/mol. The van der Waals surface area contributed by atoms with Gasteiger partial charge >= 0.3 is 0 Å². The lowest BCUT2D eigenvalue weighted by atomic mass is 10.2. The first kappa shape index (κ1) is 18.2. The molecular formula is C16H25NO2S2. The molecule has 0 spiro atoms. The Morgan fingerprint density at radius 3 is 2.48 bits per heavy atom. The van der Waals surface area contributed by atoms with E-state index in [9.17, 15) is 4.79 Å². The van der Waals surface area contributed by atoms with E-state index in [1.807, 2.05) is 36.0 Å². The molecule has 0 atom stereocenters. The number of hydrogen-bond donors (Lipinski definition) is 1. The highest BCUT2D eigenvalue weighted by Gasteiger charge is 2.10. The van der Waals surface area contributed by atoms with E-state index in [0.717, 1.165) is 23.8 Å². The summed E-state index contributed by atoms with van der Waals surface area (Å²) >= 11 is 3.50. The zero-order chi connectivity index (χ0) is 15.7. The molecule has 0 saturated carbocycles. The van der Waals surface area contributed by atoms with Crippen molar-refractivity contribution >= 4 is 29.4 Å². The van der Waals surface area contributed by atoms with Crippen molar-refractivity contribution in [3.05, 3.63) is 29.8 Å². The van der Waals surface area contributed by atoms with Crippen LogP contribution in [0.15, 0.2) is 24.3 Å². The van der Waals surface area contributed by atoms with Gasteiger partial charge in [-0.25, -0.2) is 0 Å². The van der Waals surface area contributed by atoms with E-state index in [4.69, 9.17) is 4.74 Å². The third-order valence-corrected chi connectivity index (χ3v) is 4.90. The Balaban J connectivity index is 2.12. The minimum atomic E-state index is 0.114. The van der Waals surface area contributed by atoms with Gasteiger partial charge in [0, 0.05) is 22.8 Å². The number of carbonyl (C=O) groups excluding carboxylic acids is 1. The molecule has 21 heavy (non-hydrogen) atoms. The molecule has 5 heteroatoms. The summed E-state index contributed by atoms with van der Waals surface area (Å²) in [5.41, 5.74) is 1.21. The molecule has 0 heterocycles. The van der Waals surface area contributed by atoms with Crippen LogP contribution in [0, 0.1) is 0 Å². The summed E-state index contributed by atoms with van der Waals surface area (Å²) in [5.74, 6) is 3.28. The predicted octanol–water partition coefficient (Wildman–Crippen LogP) is 3.58. The van der Waals surface area contributed by atoms with Crippen LogP contribution in [0.5, 0.6) is 5.75 Å². The van der Waals surface area contributed by atoms with Crippen molar-refractivity contribution in [2.45, 2.75) is 31.3 Å². The molecule has 0 radical (unpaired) electrons. The molecule has 0 bridgehead atoms. The Morgan fingerprint density at radius 2 is 1.90 bits per heavy atom. The summed E-state index contributed by atoms with van der Waals surface area (Å²) in [6.45, 7) is 7.29. The van der Waals surface area contributed by atoms with Gasteiger partial charge in [0.15, 0.2) is 0 Å². The van der Waals surface area contributed by atoms with E-state index in [2.05, 4.69) is 26.1 Å². The maximum Gasteiger partial charge on any atom is 0.230 e. The first-order chi connectivity index (χ1) is 9.90. The van der Waals surface area contributed by atoms with E-state index in [0.29, 0.717) is 5.75 Å². The minimum absolute atomic E-state index is 0.114. The SMILES string of the molecule is COc1ccc(CSCC(=O)NCCSC(C)(C)C)cc1. The quantitative estimate of drug-likeness (QED) is 0.741. The number of rotatable bonds is 8. The molecule has 1 aromatic carbocycles. The topological polar surface area (TPSA) is 38.3 Å². The maximum absolute atomic E-state index is 11.7. The molecule has 1 N–H and O–H groups in total. The Morgan fingerprint density at radius 1 is 1.24 bits per heavy atom. The monoisotopic (exact) mass is 327 g/mol. The molecule has 1 aromatic rings. The van der Waals surface area contributed by atoms with Gasteiger partial charge < -0.3 is 10.1 Å². The Labute approximate surface area is 136 Å². The van der Waals surface area contributed by atoms with Gasteiger partial charge in [-0.15, -0.1) is 11.8 Å². The third-order valence-electron chi connectivity index (χ3n) is 2.62. The second-order valence-corrected chi connectivity index (χ2v) is 8.56. The highest BCUT2D eigenvalue weighted by molar-refractivity contribution is 8.00. The Hall–Kier alpha value is -0.810. The number of hydrogen-bond acceptors (Lipinski definition) is 4. The summed E-state index contributed by atoms with van der Waals surface area (Å²) in [5, 5.41) is 2.96. The fraction of sp³-hybridized carbons (Fsp3) is 0.562. The van der Waals surface area contributed by atoms with Crippen molar-refractivity contribution < 1.29 is 9.53 Å². The fourth-order valence-electron chi connectivity index (χ4n) is 1.58. The summed E-state index contributed by atoms with van der Waals surface area (Å²) in [4.78, 5) is 11.7. The van der Waals surface area contributed by atoms with Crippen molar-refractivity contribution in [2.24, 2.45) is 0 Å². The summed E-state index contributed by atoms with van der Waals surface area (Å²) in [6.07, 6.45) is 0. The highest BCUT2D eigenvalue weighted by Crippen LogP contribution is 2.22. The van der Waals surface area contributed by atoms with E-state index < -0.39 is 0 Å². The Bertz CT molecular complexity index is 427. The van der Waals surface area contributed by atoms with Crippen molar-refractivity contribution in [3.63, 3.8) is 0 Å². The van der Waals surface area contributed by atoms with Gasteiger partial charge in [0.1, 0.15) is 5.75 Å². The second kappa shape index (κ2) is 9.26. The summed E-state index contributed by atoms with van der Waals surface area (Å²) in [6, 6.07) is 7.95. The molecule has 0 fully saturated rings. The van der Waals surface area contributed by atoms with Gasteiger partial charge in [-0.05, 0) is 17.7 Å². The van der Waals surface area contributed by atoms with Crippen LogP contribution in [0.25, 0.3) is 0 Å². The number of ether oxygens (including phenoxy) is 1. The molecule has 1 amide bonds. The summed E-state index contributed by atoms with van der Waals surface area (Å²) < 4.78 is 5.38. The smallest absolute Gasteiger partial charge is 0.230 e. The van der Waals surface area contributed by atoms with Crippen molar-refractivity contribution in [3.8, 4) is 5.75 Å². The molecule has 3 nitrogen and oxygen atoms in total. The number of methoxy groups -OCH3 is 1. The van der Waals surface area contributed by atoms with Crippen LogP contribution in [-0.2, 0) is 10.5 Å². The fourth-order valence-corrected chi connectivity index (χ4v) is 3.22. The van der Waals surface area contributed by atoms with Crippen LogP contribution in [0.3, 0.4) is 0 Å².